The Kier molecular flexibility index (Phi) is 5.59. The molecule has 5 nitrogen and oxygen atoms in total. The van der Waals surface area contributed by atoms with Crippen LogP contribution in [0.15, 0.2) is 48.5 Å². The number of nitrogens with zero attached hydrogens (tertiary/aromatic N) is 1. The Morgan fingerprint density at radius 1 is 1.19 bits per heavy atom. The van der Waals surface area contributed by atoms with Crippen molar-refractivity contribution in [3.63, 3.8) is 0 Å². The maximum absolute atomic E-state index is 12.7. The van der Waals surface area contributed by atoms with Gasteiger partial charge >= 0.3 is 0 Å². The summed E-state index contributed by atoms with van der Waals surface area (Å²) in [4.78, 5) is 14.4. The van der Waals surface area contributed by atoms with E-state index in [-0.39, 0.29) is 19.1 Å². The molecule has 3 rings (SSSR count). The minimum atomic E-state index is -1.02. The van der Waals surface area contributed by atoms with Crippen molar-refractivity contribution < 1.29 is 19.4 Å². The van der Waals surface area contributed by atoms with E-state index in [1.54, 1.807) is 24.1 Å². The van der Waals surface area contributed by atoms with Gasteiger partial charge in [-0.15, -0.1) is 0 Å². The predicted molar refractivity (Wildman–Crippen MR) is 99.3 cm³/mol. The summed E-state index contributed by atoms with van der Waals surface area (Å²) < 4.78 is 10.9. The molecule has 1 fully saturated rings. The summed E-state index contributed by atoms with van der Waals surface area (Å²) in [6, 6.07) is 15.1. The lowest BCUT2D eigenvalue weighted by Crippen LogP contribution is -2.40. The second kappa shape index (κ2) is 7.89. The number of ether oxygens (including phenoxy) is 2. The van der Waals surface area contributed by atoms with E-state index in [1.807, 2.05) is 43.3 Å². The van der Waals surface area contributed by atoms with E-state index in [1.165, 1.54) is 0 Å². The van der Waals surface area contributed by atoms with Crippen LogP contribution in [0.1, 0.15) is 27.9 Å². The zero-order valence-corrected chi connectivity index (χ0v) is 15.3. The fourth-order valence-corrected chi connectivity index (χ4v) is 3.17. The van der Waals surface area contributed by atoms with E-state index in [0.717, 1.165) is 16.9 Å². The van der Waals surface area contributed by atoms with Crippen molar-refractivity contribution in [2.75, 3.05) is 26.8 Å². The standard InChI is InChI=1S/C21H25NO4/c1-16-5-3-4-6-19(16)26-15-21(24)11-12-22(14-21)20(23)18-9-7-17(8-10-18)13-25-2/h3-10,24H,11-15H2,1-2H3/t21-/m0/s1. The van der Waals surface area contributed by atoms with Gasteiger partial charge in [-0.25, -0.2) is 0 Å². The summed E-state index contributed by atoms with van der Waals surface area (Å²) in [6.45, 7) is 3.46. The van der Waals surface area contributed by atoms with Crippen LogP contribution in [-0.2, 0) is 11.3 Å². The lowest BCUT2D eigenvalue weighted by molar-refractivity contribution is 0.00413. The molecule has 5 heteroatoms. The predicted octanol–water partition coefficient (Wildman–Crippen LogP) is 2.80. The van der Waals surface area contributed by atoms with E-state index in [4.69, 9.17) is 9.47 Å². The summed E-state index contributed by atoms with van der Waals surface area (Å²) >= 11 is 0. The van der Waals surface area contributed by atoms with Gasteiger partial charge in [-0.05, 0) is 42.7 Å². The Balaban J connectivity index is 1.59. The highest BCUT2D eigenvalue weighted by molar-refractivity contribution is 5.94. The Bertz CT molecular complexity index is 759. The number of benzene rings is 2. The van der Waals surface area contributed by atoms with Crippen LogP contribution in [0.3, 0.4) is 0 Å². The quantitative estimate of drug-likeness (QED) is 0.866. The molecule has 0 aliphatic carbocycles. The van der Waals surface area contributed by atoms with E-state index in [9.17, 15) is 9.90 Å². The Labute approximate surface area is 154 Å². The second-order valence-corrected chi connectivity index (χ2v) is 6.89. The monoisotopic (exact) mass is 355 g/mol. The molecule has 2 aromatic rings. The number of amides is 1. The second-order valence-electron chi connectivity index (χ2n) is 6.89. The number of likely N-dealkylation sites (tertiary alicyclic amines) is 1. The molecule has 1 saturated heterocycles. The van der Waals surface area contributed by atoms with Crippen molar-refractivity contribution in [2.45, 2.75) is 25.6 Å². The van der Waals surface area contributed by atoms with E-state index in [2.05, 4.69) is 0 Å². The third-order valence-electron chi connectivity index (χ3n) is 4.72. The van der Waals surface area contributed by atoms with Crippen molar-refractivity contribution in [2.24, 2.45) is 0 Å². The van der Waals surface area contributed by atoms with Gasteiger partial charge in [-0.3, -0.25) is 4.79 Å². The fraction of sp³-hybridized carbons (Fsp3) is 0.381. The van der Waals surface area contributed by atoms with Gasteiger partial charge in [0.2, 0.25) is 0 Å². The van der Waals surface area contributed by atoms with Crippen LogP contribution in [0.4, 0.5) is 0 Å². The van der Waals surface area contributed by atoms with Crippen LogP contribution in [0, 0.1) is 6.92 Å². The number of methoxy groups -OCH3 is 1. The average Bonchev–Trinajstić information content (AvgIpc) is 3.04. The molecular weight excluding hydrogens is 330 g/mol. The third-order valence-corrected chi connectivity index (χ3v) is 4.72. The molecule has 0 aromatic heterocycles. The number of carbonyl (C=O) groups excluding carboxylic acids is 1. The summed E-state index contributed by atoms with van der Waals surface area (Å²) in [5, 5.41) is 10.8. The Morgan fingerprint density at radius 2 is 1.92 bits per heavy atom. The van der Waals surface area contributed by atoms with Crippen LogP contribution in [0.2, 0.25) is 0 Å². The normalized spacial score (nSPS) is 19.6. The number of hydrogen-bond donors (Lipinski definition) is 1. The highest BCUT2D eigenvalue weighted by Gasteiger charge is 2.39. The maximum atomic E-state index is 12.7. The van der Waals surface area contributed by atoms with Crippen molar-refractivity contribution >= 4 is 5.91 Å². The van der Waals surface area contributed by atoms with Crippen LogP contribution in [0.25, 0.3) is 0 Å². The van der Waals surface area contributed by atoms with Crippen LogP contribution >= 0.6 is 0 Å². The summed E-state index contributed by atoms with van der Waals surface area (Å²) in [5.41, 5.74) is 1.65. The first-order valence-electron chi connectivity index (χ1n) is 8.79. The number of aliphatic hydroxyl groups is 1. The number of para-hydroxylation sites is 1. The molecule has 26 heavy (non-hydrogen) atoms. The molecule has 0 radical (unpaired) electrons. The first-order chi connectivity index (χ1) is 12.5. The number of rotatable bonds is 6. The fourth-order valence-electron chi connectivity index (χ4n) is 3.17. The van der Waals surface area contributed by atoms with E-state index in [0.29, 0.717) is 25.1 Å². The Morgan fingerprint density at radius 3 is 2.62 bits per heavy atom. The number of carbonyl (C=O) groups is 1. The smallest absolute Gasteiger partial charge is 0.253 e. The van der Waals surface area contributed by atoms with E-state index < -0.39 is 5.60 Å². The molecule has 2 aromatic carbocycles. The molecule has 138 valence electrons. The molecule has 1 amide bonds. The van der Waals surface area contributed by atoms with Gasteiger partial charge in [0.25, 0.3) is 5.91 Å². The first-order valence-corrected chi connectivity index (χ1v) is 8.79. The summed E-state index contributed by atoms with van der Waals surface area (Å²) in [7, 11) is 1.64. The van der Waals surface area contributed by atoms with Gasteiger partial charge in [0.05, 0.1) is 13.2 Å². The zero-order chi connectivity index (χ0) is 18.6. The van der Waals surface area contributed by atoms with Crippen molar-refractivity contribution in [3.05, 3.63) is 65.2 Å². The molecule has 1 heterocycles. The van der Waals surface area contributed by atoms with Gasteiger partial charge in [0, 0.05) is 19.2 Å². The summed E-state index contributed by atoms with van der Waals surface area (Å²) in [6.07, 6.45) is 0.506. The first kappa shape index (κ1) is 18.4. The highest BCUT2D eigenvalue weighted by atomic mass is 16.5. The molecule has 1 aliphatic heterocycles. The molecule has 0 bridgehead atoms. The number of hydrogen-bond acceptors (Lipinski definition) is 4. The molecule has 1 atom stereocenters. The summed E-state index contributed by atoms with van der Waals surface area (Å²) in [5.74, 6) is 0.695. The van der Waals surface area contributed by atoms with Gasteiger partial charge < -0.3 is 19.5 Å². The lowest BCUT2D eigenvalue weighted by atomic mass is 10.1. The zero-order valence-electron chi connectivity index (χ0n) is 15.3. The topological polar surface area (TPSA) is 59.0 Å². The van der Waals surface area contributed by atoms with Crippen LogP contribution < -0.4 is 4.74 Å². The van der Waals surface area contributed by atoms with Crippen LogP contribution in [-0.4, -0.2) is 48.3 Å². The van der Waals surface area contributed by atoms with Crippen molar-refractivity contribution in [1.29, 1.82) is 0 Å². The molecular formula is C21H25NO4. The van der Waals surface area contributed by atoms with Gasteiger partial charge in [-0.2, -0.15) is 0 Å². The molecule has 1 N–H and O–H groups in total. The maximum Gasteiger partial charge on any atom is 0.253 e. The van der Waals surface area contributed by atoms with Gasteiger partial charge in [0.1, 0.15) is 18.0 Å². The number of β-amino-alcohol motifs (C(OH)–C–C–N with tert-alkyl or cyclic N) is 1. The highest BCUT2D eigenvalue weighted by Crippen LogP contribution is 2.25. The molecule has 0 saturated carbocycles. The third kappa shape index (κ3) is 4.23. The SMILES string of the molecule is COCc1ccc(C(=O)N2CC[C@@](O)(COc3ccccc3C)C2)cc1. The van der Waals surface area contributed by atoms with Crippen molar-refractivity contribution in [3.8, 4) is 5.75 Å². The average molecular weight is 355 g/mol. The largest absolute Gasteiger partial charge is 0.490 e. The number of aryl methyl sites for hydroxylation is 1. The lowest BCUT2D eigenvalue weighted by Gasteiger charge is -2.24. The Hall–Kier alpha value is -2.37. The van der Waals surface area contributed by atoms with Crippen molar-refractivity contribution in [1.82, 2.24) is 4.90 Å². The minimum Gasteiger partial charge on any atom is -0.490 e. The molecule has 0 unspecified atom stereocenters. The van der Waals surface area contributed by atoms with E-state index >= 15 is 0 Å². The van der Waals surface area contributed by atoms with Gasteiger partial charge in [-0.1, -0.05) is 30.3 Å². The van der Waals surface area contributed by atoms with Crippen LogP contribution in [0.5, 0.6) is 5.75 Å². The minimum absolute atomic E-state index is 0.0687. The molecule has 0 spiro atoms. The molecule has 1 aliphatic rings. The van der Waals surface area contributed by atoms with Gasteiger partial charge in [0.15, 0.2) is 0 Å².